The summed E-state index contributed by atoms with van der Waals surface area (Å²) in [5.74, 6) is -0.310. The number of benzene rings is 1. The molecule has 0 aliphatic carbocycles. The minimum absolute atomic E-state index is 0.185. The quantitative estimate of drug-likeness (QED) is 0.684. The highest BCUT2D eigenvalue weighted by Crippen LogP contribution is 2.26. The monoisotopic (exact) mass is 279 g/mol. The summed E-state index contributed by atoms with van der Waals surface area (Å²) in [5, 5.41) is 0. The Balaban J connectivity index is 1.92. The Morgan fingerprint density at radius 1 is 0.952 bits per heavy atom. The molecule has 3 rings (SSSR count). The molecule has 104 valence electrons. The van der Waals surface area contributed by atoms with Gasteiger partial charge in [-0.3, -0.25) is 4.98 Å². The van der Waals surface area contributed by atoms with E-state index in [2.05, 4.69) is 4.98 Å². The van der Waals surface area contributed by atoms with Crippen LogP contribution in [0.15, 0.2) is 77.7 Å². The summed E-state index contributed by atoms with van der Waals surface area (Å²) in [4.78, 5) is 16.1. The van der Waals surface area contributed by atoms with Gasteiger partial charge in [0.05, 0.1) is 6.26 Å². The lowest BCUT2D eigenvalue weighted by molar-refractivity contribution is 0.0341. The maximum absolute atomic E-state index is 12.1. The van der Waals surface area contributed by atoms with E-state index in [1.807, 2.05) is 42.5 Å². The van der Waals surface area contributed by atoms with E-state index in [0.29, 0.717) is 0 Å². The number of furan rings is 1. The SMILES string of the molecule is O=C(OC(c1ccccc1)c1ccncc1)c1ccco1. The highest BCUT2D eigenvalue weighted by atomic mass is 16.6. The number of esters is 1. The predicted octanol–water partition coefficient (Wildman–Crippen LogP) is 3.62. The fraction of sp³-hybridized carbons (Fsp3) is 0.0588. The molecule has 2 heterocycles. The molecule has 0 saturated heterocycles. The molecule has 0 fully saturated rings. The molecular formula is C17H13NO3. The first-order valence-electron chi connectivity index (χ1n) is 6.54. The Bertz CT molecular complexity index is 654. The van der Waals surface area contributed by atoms with Gasteiger partial charge >= 0.3 is 5.97 Å². The second-order valence-electron chi connectivity index (χ2n) is 4.45. The molecule has 1 aromatic carbocycles. The number of carbonyl (C=O) groups is 1. The van der Waals surface area contributed by atoms with Crippen LogP contribution in [0.4, 0.5) is 0 Å². The second kappa shape index (κ2) is 6.05. The summed E-state index contributed by atoms with van der Waals surface area (Å²) < 4.78 is 10.7. The van der Waals surface area contributed by atoms with Gasteiger partial charge in [0, 0.05) is 18.0 Å². The third kappa shape index (κ3) is 3.00. The van der Waals surface area contributed by atoms with Crippen molar-refractivity contribution in [2.24, 2.45) is 0 Å². The molecule has 0 saturated carbocycles. The van der Waals surface area contributed by atoms with Gasteiger partial charge in [-0.2, -0.15) is 0 Å². The van der Waals surface area contributed by atoms with Crippen molar-refractivity contribution in [3.05, 3.63) is 90.1 Å². The molecule has 0 radical (unpaired) electrons. The molecule has 0 aliphatic heterocycles. The fourth-order valence-corrected chi connectivity index (χ4v) is 2.05. The molecule has 1 unspecified atom stereocenters. The van der Waals surface area contributed by atoms with E-state index in [1.165, 1.54) is 6.26 Å². The lowest BCUT2D eigenvalue weighted by atomic mass is 10.0. The fourth-order valence-electron chi connectivity index (χ4n) is 2.05. The number of pyridine rings is 1. The Morgan fingerprint density at radius 3 is 2.33 bits per heavy atom. The first kappa shape index (κ1) is 13.1. The van der Waals surface area contributed by atoms with E-state index in [4.69, 9.17) is 9.15 Å². The number of hydrogen-bond donors (Lipinski definition) is 0. The molecule has 4 nitrogen and oxygen atoms in total. The normalized spacial score (nSPS) is 11.8. The van der Waals surface area contributed by atoms with Gasteiger partial charge < -0.3 is 9.15 Å². The molecule has 1 atom stereocenters. The summed E-state index contributed by atoms with van der Waals surface area (Å²) in [5.41, 5.74) is 1.75. The molecule has 0 spiro atoms. The Morgan fingerprint density at radius 2 is 1.67 bits per heavy atom. The van der Waals surface area contributed by atoms with Crippen molar-refractivity contribution < 1.29 is 13.9 Å². The topological polar surface area (TPSA) is 52.3 Å². The van der Waals surface area contributed by atoms with Crippen molar-refractivity contribution in [2.45, 2.75) is 6.10 Å². The molecule has 2 aromatic heterocycles. The number of nitrogens with zero attached hydrogens (tertiary/aromatic N) is 1. The van der Waals surface area contributed by atoms with Crippen molar-refractivity contribution in [1.29, 1.82) is 0 Å². The molecule has 3 aromatic rings. The molecule has 0 N–H and O–H groups in total. The zero-order valence-electron chi connectivity index (χ0n) is 11.2. The predicted molar refractivity (Wildman–Crippen MR) is 76.6 cm³/mol. The van der Waals surface area contributed by atoms with Gasteiger partial charge in [0.25, 0.3) is 0 Å². The highest BCUT2D eigenvalue weighted by Gasteiger charge is 2.21. The molecule has 4 heteroatoms. The average molecular weight is 279 g/mol. The first-order valence-corrected chi connectivity index (χ1v) is 6.54. The number of aromatic nitrogens is 1. The van der Waals surface area contributed by atoms with Crippen molar-refractivity contribution in [3.63, 3.8) is 0 Å². The third-order valence-electron chi connectivity index (χ3n) is 3.06. The van der Waals surface area contributed by atoms with Crippen LogP contribution >= 0.6 is 0 Å². The number of rotatable bonds is 4. The number of ether oxygens (including phenoxy) is 1. The van der Waals surface area contributed by atoms with Crippen LogP contribution in [0.5, 0.6) is 0 Å². The standard InChI is InChI=1S/C17H13NO3/c19-17(15-7-4-12-20-15)21-16(13-5-2-1-3-6-13)14-8-10-18-11-9-14/h1-12,16H. The molecule has 0 amide bonds. The lowest BCUT2D eigenvalue weighted by Crippen LogP contribution is -2.12. The van der Waals surface area contributed by atoms with Crippen LogP contribution in [0.25, 0.3) is 0 Å². The molecule has 0 aliphatic rings. The van der Waals surface area contributed by atoms with Crippen molar-refractivity contribution >= 4 is 5.97 Å². The lowest BCUT2D eigenvalue weighted by Gasteiger charge is -2.18. The molecular weight excluding hydrogens is 266 g/mol. The average Bonchev–Trinajstić information content (AvgIpc) is 3.09. The van der Waals surface area contributed by atoms with Crippen LogP contribution in [0.2, 0.25) is 0 Å². The summed E-state index contributed by atoms with van der Waals surface area (Å²) in [7, 11) is 0. The van der Waals surface area contributed by atoms with Crippen molar-refractivity contribution in [1.82, 2.24) is 4.98 Å². The summed E-state index contributed by atoms with van der Waals surface area (Å²) >= 11 is 0. The van der Waals surface area contributed by atoms with Crippen LogP contribution in [0.3, 0.4) is 0 Å². The maximum atomic E-state index is 12.1. The van der Waals surface area contributed by atoms with E-state index >= 15 is 0 Å². The zero-order valence-corrected chi connectivity index (χ0v) is 11.2. The first-order chi connectivity index (χ1) is 10.3. The van der Waals surface area contributed by atoms with Crippen LogP contribution < -0.4 is 0 Å². The van der Waals surface area contributed by atoms with Gasteiger partial charge in [-0.05, 0) is 29.8 Å². The molecule has 21 heavy (non-hydrogen) atoms. The van der Waals surface area contributed by atoms with E-state index in [1.54, 1.807) is 24.5 Å². The summed E-state index contributed by atoms with van der Waals surface area (Å²) in [6, 6.07) is 16.5. The minimum Gasteiger partial charge on any atom is -0.457 e. The van der Waals surface area contributed by atoms with Gasteiger partial charge in [0.15, 0.2) is 6.10 Å². The van der Waals surface area contributed by atoms with E-state index in [-0.39, 0.29) is 5.76 Å². The van der Waals surface area contributed by atoms with Crippen LogP contribution in [-0.2, 0) is 4.74 Å². The minimum atomic E-state index is -0.495. The highest BCUT2D eigenvalue weighted by molar-refractivity contribution is 5.86. The van der Waals surface area contributed by atoms with E-state index < -0.39 is 12.1 Å². The number of hydrogen-bond acceptors (Lipinski definition) is 4. The largest absolute Gasteiger partial charge is 0.457 e. The van der Waals surface area contributed by atoms with Crippen LogP contribution in [0.1, 0.15) is 27.8 Å². The smallest absolute Gasteiger partial charge is 0.375 e. The van der Waals surface area contributed by atoms with E-state index in [9.17, 15) is 4.79 Å². The zero-order chi connectivity index (χ0) is 14.5. The van der Waals surface area contributed by atoms with Gasteiger partial charge in [-0.1, -0.05) is 30.3 Å². The van der Waals surface area contributed by atoms with Crippen LogP contribution in [0, 0.1) is 0 Å². The Labute approximate surface area is 122 Å². The Kier molecular flexibility index (Phi) is 3.78. The third-order valence-corrected chi connectivity index (χ3v) is 3.06. The maximum Gasteiger partial charge on any atom is 0.375 e. The summed E-state index contributed by atoms with van der Waals surface area (Å²) in [6.07, 6.45) is 4.30. The van der Waals surface area contributed by atoms with Crippen LogP contribution in [-0.4, -0.2) is 11.0 Å². The summed E-state index contributed by atoms with van der Waals surface area (Å²) in [6.45, 7) is 0. The van der Waals surface area contributed by atoms with Crippen molar-refractivity contribution in [3.8, 4) is 0 Å². The van der Waals surface area contributed by atoms with Crippen molar-refractivity contribution in [2.75, 3.05) is 0 Å². The molecule has 0 bridgehead atoms. The Hall–Kier alpha value is -2.88. The number of carbonyl (C=O) groups excluding carboxylic acids is 1. The van der Waals surface area contributed by atoms with Gasteiger partial charge in [-0.15, -0.1) is 0 Å². The second-order valence-corrected chi connectivity index (χ2v) is 4.45. The van der Waals surface area contributed by atoms with E-state index in [0.717, 1.165) is 11.1 Å². The van der Waals surface area contributed by atoms with Gasteiger partial charge in [0.2, 0.25) is 5.76 Å². The van der Waals surface area contributed by atoms with Gasteiger partial charge in [-0.25, -0.2) is 4.79 Å². The van der Waals surface area contributed by atoms with Gasteiger partial charge in [0.1, 0.15) is 0 Å².